The summed E-state index contributed by atoms with van der Waals surface area (Å²) in [7, 11) is 0. The number of piperazine rings is 1. The van der Waals surface area contributed by atoms with Crippen LogP contribution < -0.4 is 10.6 Å². The summed E-state index contributed by atoms with van der Waals surface area (Å²) in [6.45, 7) is 7.42. The molecule has 1 aliphatic rings. The highest BCUT2D eigenvalue weighted by Crippen LogP contribution is 2.20. The molecule has 104 valence electrons. The fourth-order valence-electron chi connectivity index (χ4n) is 2.26. The van der Waals surface area contributed by atoms with E-state index in [1.165, 1.54) is 0 Å². The molecule has 19 heavy (non-hydrogen) atoms. The van der Waals surface area contributed by atoms with Crippen molar-refractivity contribution in [2.45, 2.75) is 19.9 Å². The number of rotatable bonds is 3. The largest absolute Gasteiger partial charge is 0.325 e. The molecule has 5 heteroatoms. The van der Waals surface area contributed by atoms with Gasteiger partial charge in [0.05, 0.1) is 6.54 Å². The van der Waals surface area contributed by atoms with Crippen molar-refractivity contribution in [3.63, 3.8) is 0 Å². The van der Waals surface area contributed by atoms with Crippen LogP contribution in [-0.4, -0.2) is 43.0 Å². The quantitative estimate of drug-likeness (QED) is 0.893. The third-order valence-corrected chi connectivity index (χ3v) is 3.94. The Hall–Kier alpha value is -0.910. The van der Waals surface area contributed by atoms with Crippen LogP contribution >= 0.6 is 15.9 Å². The van der Waals surface area contributed by atoms with Crippen LogP contribution in [0.3, 0.4) is 0 Å². The average molecular weight is 326 g/mol. The number of amides is 1. The normalized spacial score (nSPS) is 20.3. The highest BCUT2D eigenvalue weighted by molar-refractivity contribution is 9.10. The van der Waals surface area contributed by atoms with E-state index in [0.29, 0.717) is 12.6 Å². The second-order valence-corrected chi connectivity index (χ2v) is 5.95. The third-order valence-electron chi connectivity index (χ3n) is 3.45. The molecule has 1 amide bonds. The number of halogens is 1. The van der Waals surface area contributed by atoms with Gasteiger partial charge < -0.3 is 10.6 Å². The summed E-state index contributed by atoms with van der Waals surface area (Å²) >= 11 is 3.42. The number of benzene rings is 1. The molecule has 0 aromatic heterocycles. The maximum Gasteiger partial charge on any atom is 0.238 e. The first-order valence-electron chi connectivity index (χ1n) is 6.57. The summed E-state index contributed by atoms with van der Waals surface area (Å²) in [6, 6.07) is 6.28. The fraction of sp³-hybridized carbons (Fsp3) is 0.500. The van der Waals surface area contributed by atoms with E-state index in [1.807, 2.05) is 25.1 Å². The van der Waals surface area contributed by atoms with Crippen LogP contribution in [0.4, 0.5) is 5.69 Å². The van der Waals surface area contributed by atoms with Crippen molar-refractivity contribution >= 4 is 27.5 Å². The molecular formula is C14H20BrN3O. The minimum atomic E-state index is 0.0548. The molecule has 1 fully saturated rings. The van der Waals surface area contributed by atoms with E-state index in [1.54, 1.807) is 0 Å². The molecular weight excluding hydrogens is 306 g/mol. The average Bonchev–Trinajstić information content (AvgIpc) is 2.36. The lowest BCUT2D eigenvalue weighted by Gasteiger charge is -2.33. The highest BCUT2D eigenvalue weighted by atomic mass is 79.9. The minimum absolute atomic E-state index is 0.0548. The highest BCUT2D eigenvalue weighted by Gasteiger charge is 2.20. The Bertz CT molecular complexity index is 464. The lowest BCUT2D eigenvalue weighted by Crippen LogP contribution is -2.52. The van der Waals surface area contributed by atoms with E-state index in [0.717, 1.165) is 35.4 Å². The molecule has 2 N–H and O–H groups in total. The summed E-state index contributed by atoms with van der Waals surface area (Å²) in [5.74, 6) is 0.0548. The smallest absolute Gasteiger partial charge is 0.238 e. The van der Waals surface area contributed by atoms with E-state index in [4.69, 9.17) is 0 Å². The van der Waals surface area contributed by atoms with Gasteiger partial charge >= 0.3 is 0 Å². The zero-order valence-corrected chi connectivity index (χ0v) is 13.0. The Morgan fingerprint density at radius 2 is 2.37 bits per heavy atom. The van der Waals surface area contributed by atoms with Gasteiger partial charge in [0.25, 0.3) is 0 Å². The van der Waals surface area contributed by atoms with Gasteiger partial charge in [-0.25, -0.2) is 0 Å². The molecule has 0 bridgehead atoms. The van der Waals surface area contributed by atoms with Gasteiger partial charge in [0.15, 0.2) is 0 Å². The number of hydrogen-bond donors (Lipinski definition) is 2. The van der Waals surface area contributed by atoms with Gasteiger partial charge in [-0.2, -0.15) is 0 Å². The first-order valence-corrected chi connectivity index (χ1v) is 7.36. The lowest BCUT2D eigenvalue weighted by atomic mass is 10.2. The standard InChI is InChI=1S/C14H20BrN3O/c1-10-7-12(15)3-4-13(10)17-14(19)9-18-6-5-16-8-11(18)2/h3-4,7,11,16H,5-6,8-9H2,1-2H3,(H,17,19). The number of aryl methyl sites for hydroxylation is 1. The van der Waals surface area contributed by atoms with E-state index >= 15 is 0 Å². The van der Waals surface area contributed by atoms with E-state index < -0.39 is 0 Å². The van der Waals surface area contributed by atoms with Crippen LogP contribution in [-0.2, 0) is 4.79 Å². The number of carbonyl (C=O) groups is 1. The molecule has 1 aliphatic heterocycles. The predicted molar refractivity (Wildman–Crippen MR) is 81.4 cm³/mol. The van der Waals surface area contributed by atoms with Crippen LogP contribution in [0.15, 0.2) is 22.7 Å². The first-order chi connectivity index (χ1) is 9.06. The van der Waals surface area contributed by atoms with Gasteiger partial charge in [0, 0.05) is 35.8 Å². The van der Waals surface area contributed by atoms with Gasteiger partial charge in [-0.15, -0.1) is 0 Å². The second-order valence-electron chi connectivity index (χ2n) is 5.03. The monoisotopic (exact) mass is 325 g/mol. The van der Waals surface area contributed by atoms with Crippen LogP contribution in [0, 0.1) is 6.92 Å². The molecule has 1 aromatic rings. The number of carbonyl (C=O) groups excluding carboxylic acids is 1. The van der Waals surface area contributed by atoms with Gasteiger partial charge in [-0.3, -0.25) is 9.69 Å². The number of nitrogens with one attached hydrogen (secondary N) is 2. The maximum atomic E-state index is 12.1. The topological polar surface area (TPSA) is 44.4 Å². The van der Waals surface area contributed by atoms with Gasteiger partial charge in [0.1, 0.15) is 0 Å². The van der Waals surface area contributed by atoms with E-state index in [2.05, 4.69) is 38.4 Å². The molecule has 1 aromatic carbocycles. The van der Waals surface area contributed by atoms with Crippen molar-refractivity contribution in [3.05, 3.63) is 28.2 Å². The summed E-state index contributed by atoms with van der Waals surface area (Å²) in [5, 5.41) is 6.31. The van der Waals surface area contributed by atoms with Crippen molar-refractivity contribution in [3.8, 4) is 0 Å². The molecule has 0 spiro atoms. The van der Waals surface area contributed by atoms with Crippen molar-refractivity contribution in [1.82, 2.24) is 10.2 Å². The Balaban J connectivity index is 1.93. The zero-order chi connectivity index (χ0) is 13.8. The van der Waals surface area contributed by atoms with Crippen molar-refractivity contribution in [2.75, 3.05) is 31.5 Å². The third kappa shape index (κ3) is 4.03. The fourth-order valence-corrected chi connectivity index (χ4v) is 2.74. The van der Waals surface area contributed by atoms with Gasteiger partial charge in [-0.05, 0) is 37.6 Å². The molecule has 1 atom stereocenters. The molecule has 0 radical (unpaired) electrons. The van der Waals surface area contributed by atoms with Gasteiger partial charge in [-0.1, -0.05) is 15.9 Å². The van der Waals surface area contributed by atoms with Gasteiger partial charge in [0.2, 0.25) is 5.91 Å². The maximum absolute atomic E-state index is 12.1. The molecule has 2 rings (SSSR count). The van der Waals surface area contributed by atoms with Crippen molar-refractivity contribution < 1.29 is 4.79 Å². The number of anilines is 1. The van der Waals surface area contributed by atoms with Crippen molar-refractivity contribution in [1.29, 1.82) is 0 Å². The van der Waals surface area contributed by atoms with Crippen molar-refractivity contribution in [2.24, 2.45) is 0 Å². The summed E-state index contributed by atoms with van der Waals surface area (Å²) in [6.07, 6.45) is 0. The zero-order valence-electron chi connectivity index (χ0n) is 11.4. The summed E-state index contributed by atoms with van der Waals surface area (Å²) < 4.78 is 1.03. The van der Waals surface area contributed by atoms with E-state index in [-0.39, 0.29) is 5.91 Å². The lowest BCUT2D eigenvalue weighted by molar-refractivity contribution is -0.118. The molecule has 1 saturated heterocycles. The minimum Gasteiger partial charge on any atom is -0.325 e. The Morgan fingerprint density at radius 3 is 3.05 bits per heavy atom. The molecule has 1 unspecified atom stereocenters. The predicted octanol–water partition coefficient (Wildman–Crippen LogP) is 1.99. The number of nitrogens with zero attached hydrogens (tertiary/aromatic N) is 1. The summed E-state index contributed by atoms with van der Waals surface area (Å²) in [4.78, 5) is 14.3. The Kier molecular flexibility index (Phi) is 4.96. The van der Waals surface area contributed by atoms with Crippen LogP contribution in [0.1, 0.15) is 12.5 Å². The van der Waals surface area contributed by atoms with E-state index in [9.17, 15) is 4.79 Å². The molecule has 4 nitrogen and oxygen atoms in total. The Labute approximate surface area is 122 Å². The molecule has 0 saturated carbocycles. The van der Waals surface area contributed by atoms with Crippen LogP contribution in [0.25, 0.3) is 0 Å². The molecule has 0 aliphatic carbocycles. The molecule has 1 heterocycles. The second kappa shape index (κ2) is 6.50. The number of hydrogen-bond acceptors (Lipinski definition) is 3. The Morgan fingerprint density at radius 1 is 1.58 bits per heavy atom. The van der Waals surface area contributed by atoms with Crippen LogP contribution in [0.5, 0.6) is 0 Å². The van der Waals surface area contributed by atoms with Crippen LogP contribution in [0.2, 0.25) is 0 Å². The summed E-state index contributed by atoms with van der Waals surface area (Å²) in [5.41, 5.74) is 1.95. The first kappa shape index (κ1) is 14.5. The SMILES string of the molecule is Cc1cc(Br)ccc1NC(=O)CN1CCNCC1C.